The van der Waals surface area contributed by atoms with Crippen LogP contribution in [0.5, 0.6) is 0 Å². The van der Waals surface area contributed by atoms with E-state index in [-0.39, 0.29) is 5.56 Å². The molecule has 1 aliphatic rings. The minimum Gasteiger partial charge on any atom is -0.268 e. The van der Waals surface area contributed by atoms with Crippen LogP contribution in [0.1, 0.15) is 12.0 Å². The molecule has 2 rings (SSSR count). The second-order valence-electron chi connectivity index (χ2n) is 2.66. The summed E-state index contributed by atoms with van der Waals surface area (Å²) >= 11 is 8.69. The molecule has 0 fully saturated rings. The van der Waals surface area contributed by atoms with Crippen molar-refractivity contribution in [2.45, 2.75) is 6.42 Å². The van der Waals surface area contributed by atoms with E-state index < -0.39 is 0 Å². The zero-order chi connectivity index (χ0) is 9.42. The molecule has 0 aromatic carbocycles. The molecule has 0 atom stereocenters. The number of rotatable bonds is 1. The maximum absolute atomic E-state index is 11.6. The highest BCUT2D eigenvalue weighted by molar-refractivity contribution is 7.98. The summed E-state index contributed by atoms with van der Waals surface area (Å²) in [6.45, 7) is 0. The normalized spacial score (nSPS) is 16.3. The van der Waals surface area contributed by atoms with Gasteiger partial charge in [0.25, 0.3) is 5.56 Å². The molecule has 70 valence electrons. The van der Waals surface area contributed by atoms with E-state index in [9.17, 15) is 4.79 Å². The van der Waals surface area contributed by atoms with E-state index in [0.29, 0.717) is 9.90 Å². The Morgan fingerprint density at radius 1 is 1.62 bits per heavy atom. The summed E-state index contributed by atoms with van der Waals surface area (Å²) in [5.41, 5.74) is 1.41. The van der Waals surface area contributed by atoms with Crippen molar-refractivity contribution in [3.8, 4) is 0 Å². The second kappa shape index (κ2) is 3.48. The van der Waals surface area contributed by atoms with Gasteiger partial charge in [-0.2, -0.15) is 0 Å². The molecule has 0 spiro atoms. The Morgan fingerprint density at radius 3 is 2.85 bits per heavy atom. The first kappa shape index (κ1) is 9.30. The second-order valence-corrected chi connectivity index (χ2v) is 5.25. The SMILES string of the molecule is Cn1sc(Cl)c(C2=NSCC2)c1=O. The van der Waals surface area contributed by atoms with Crippen molar-refractivity contribution in [2.75, 3.05) is 5.75 Å². The summed E-state index contributed by atoms with van der Waals surface area (Å²) in [5.74, 6) is 0.949. The zero-order valence-corrected chi connectivity index (χ0v) is 9.30. The smallest absolute Gasteiger partial charge is 0.268 e. The first-order chi connectivity index (χ1) is 6.20. The van der Waals surface area contributed by atoms with Gasteiger partial charge in [0, 0.05) is 19.2 Å². The fraction of sp³-hybridized carbons (Fsp3) is 0.429. The molecule has 0 unspecified atom stereocenters. The molecular weight excluding hydrogens is 228 g/mol. The van der Waals surface area contributed by atoms with Gasteiger partial charge >= 0.3 is 0 Å². The molecule has 1 aliphatic heterocycles. The third-order valence-corrected chi connectivity index (χ3v) is 3.74. The predicted octanol–water partition coefficient (Wildman–Crippen LogP) is 1.94. The highest BCUT2D eigenvalue weighted by atomic mass is 35.5. The number of nitrogens with zero attached hydrogens (tertiary/aromatic N) is 2. The number of hydrogen-bond donors (Lipinski definition) is 0. The lowest BCUT2D eigenvalue weighted by atomic mass is 10.2. The van der Waals surface area contributed by atoms with E-state index in [1.807, 2.05) is 0 Å². The molecule has 0 amide bonds. The molecule has 1 aromatic rings. The molecule has 0 saturated carbocycles. The molecule has 6 heteroatoms. The number of aryl methyl sites for hydroxylation is 1. The van der Waals surface area contributed by atoms with Gasteiger partial charge in [-0.15, -0.1) is 0 Å². The van der Waals surface area contributed by atoms with E-state index in [1.54, 1.807) is 7.05 Å². The fourth-order valence-electron chi connectivity index (χ4n) is 1.17. The molecule has 3 nitrogen and oxygen atoms in total. The fourth-order valence-corrected chi connectivity index (χ4v) is 3.09. The summed E-state index contributed by atoms with van der Waals surface area (Å²) in [5, 5.41) is 0. The maximum Gasteiger partial charge on any atom is 0.271 e. The molecule has 0 N–H and O–H groups in total. The summed E-state index contributed by atoms with van der Waals surface area (Å²) in [6, 6.07) is 0. The average Bonchev–Trinajstić information content (AvgIpc) is 2.63. The van der Waals surface area contributed by atoms with Crippen LogP contribution in [0.2, 0.25) is 4.34 Å². The van der Waals surface area contributed by atoms with Crippen LogP contribution >= 0.6 is 35.1 Å². The van der Waals surface area contributed by atoms with Gasteiger partial charge in [0.2, 0.25) is 0 Å². The highest BCUT2D eigenvalue weighted by Crippen LogP contribution is 2.25. The van der Waals surface area contributed by atoms with Gasteiger partial charge < -0.3 is 0 Å². The third kappa shape index (κ3) is 1.56. The summed E-state index contributed by atoms with van der Waals surface area (Å²) < 4.78 is 6.26. The minimum absolute atomic E-state index is 0.0312. The molecule has 0 bridgehead atoms. The van der Waals surface area contributed by atoms with Crippen LogP contribution in [-0.2, 0) is 7.05 Å². The Labute approximate surface area is 88.7 Å². The monoisotopic (exact) mass is 234 g/mol. The first-order valence-electron chi connectivity index (χ1n) is 3.75. The van der Waals surface area contributed by atoms with E-state index >= 15 is 0 Å². The number of aromatic nitrogens is 1. The van der Waals surface area contributed by atoms with Gasteiger partial charge in [-0.05, 0) is 23.5 Å². The standard InChI is InChI=1S/C7H7ClN2OS2/c1-10-7(11)5(6(8)13-10)4-2-3-12-9-4/h2-3H2,1H3. The molecule has 0 radical (unpaired) electrons. The topological polar surface area (TPSA) is 34.4 Å². The Balaban J connectivity index is 2.56. The van der Waals surface area contributed by atoms with Crippen LogP contribution in [0.25, 0.3) is 0 Å². The van der Waals surface area contributed by atoms with Crippen molar-refractivity contribution in [2.24, 2.45) is 11.4 Å². The summed E-state index contributed by atoms with van der Waals surface area (Å²) in [4.78, 5) is 11.6. The molecule has 0 aliphatic carbocycles. The van der Waals surface area contributed by atoms with Gasteiger partial charge in [-0.3, -0.25) is 8.75 Å². The van der Waals surface area contributed by atoms with Crippen molar-refractivity contribution >= 4 is 40.8 Å². The molecule has 0 saturated heterocycles. The third-order valence-electron chi connectivity index (χ3n) is 1.81. The van der Waals surface area contributed by atoms with Crippen LogP contribution in [0, 0.1) is 0 Å². The van der Waals surface area contributed by atoms with E-state index in [1.165, 1.54) is 27.4 Å². The van der Waals surface area contributed by atoms with Crippen LogP contribution in [0.15, 0.2) is 9.19 Å². The summed E-state index contributed by atoms with van der Waals surface area (Å²) in [6.07, 6.45) is 0.844. The Hall–Kier alpha value is -0.260. The van der Waals surface area contributed by atoms with Gasteiger partial charge in [-0.1, -0.05) is 11.6 Å². The minimum atomic E-state index is -0.0312. The molecule has 2 heterocycles. The zero-order valence-electron chi connectivity index (χ0n) is 6.91. The lowest BCUT2D eigenvalue weighted by molar-refractivity contribution is 0.977. The molecular formula is C7H7ClN2OS2. The largest absolute Gasteiger partial charge is 0.271 e. The van der Waals surface area contributed by atoms with E-state index in [2.05, 4.69) is 4.40 Å². The van der Waals surface area contributed by atoms with E-state index in [0.717, 1.165) is 17.9 Å². The highest BCUT2D eigenvalue weighted by Gasteiger charge is 2.19. The van der Waals surface area contributed by atoms with Gasteiger partial charge in [-0.25, -0.2) is 4.40 Å². The number of hydrogen-bond acceptors (Lipinski definition) is 4. The predicted molar refractivity (Wildman–Crippen MR) is 58.2 cm³/mol. The van der Waals surface area contributed by atoms with Crippen LogP contribution in [0.3, 0.4) is 0 Å². The Kier molecular flexibility index (Phi) is 2.49. The quantitative estimate of drug-likeness (QED) is 0.696. The van der Waals surface area contributed by atoms with Crippen LogP contribution in [0.4, 0.5) is 0 Å². The van der Waals surface area contributed by atoms with Gasteiger partial charge in [0.1, 0.15) is 4.34 Å². The molecule has 13 heavy (non-hydrogen) atoms. The maximum atomic E-state index is 11.6. The van der Waals surface area contributed by atoms with Crippen molar-refractivity contribution in [1.29, 1.82) is 0 Å². The van der Waals surface area contributed by atoms with Crippen molar-refractivity contribution in [3.05, 3.63) is 20.3 Å². The van der Waals surface area contributed by atoms with Crippen LogP contribution in [-0.4, -0.2) is 15.4 Å². The Bertz CT molecular complexity index is 421. The lowest BCUT2D eigenvalue weighted by Crippen LogP contribution is -2.17. The van der Waals surface area contributed by atoms with Crippen molar-refractivity contribution in [3.63, 3.8) is 0 Å². The van der Waals surface area contributed by atoms with Crippen molar-refractivity contribution < 1.29 is 0 Å². The van der Waals surface area contributed by atoms with Gasteiger partial charge in [0.15, 0.2) is 0 Å². The van der Waals surface area contributed by atoms with Gasteiger partial charge in [0.05, 0.1) is 11.3 Å². The van der Waals surface area contributed by atoms with Crippen LogP contribution < -0.4 is 5.56 Å². The summed E-state index contributed by atoms with van der Waals surface area (Å²) in [7, 11) is 1.71. The average molecular weight is 235 g/mol. The first-order valence-corrected chi connectivity index (χ1v) is 5.84. The molecule has 1 aromatic heterocycles. The number of halogens is 1. The van der Waals surface area contributed by atoms with Crippen molar-refractivity contribution in [1.82, 2.24) is 3.96 Å². The Morgan fingerprint density at radius 2 is 2.38 bits per heavy atom. The van der Waals surface area contributed by atoms with E-state index in [4.69, 9.17) is 11.6 Å². The lowest BCUT2D eigenvalue weighted by Gasteiger charge is -1.91.